The lowest BCUT2D eigenvalue weighted by Gasteiger charge is -2.31. The number of rotatable bonds is 0. The summed E-state index contributed by atoms with van der Waals surface area (Å²) in [6.45, 7) is 4.47. The molecule has 0 heterocycles. The van der Waals surface area contributed by atoms with Gasteiger partial charge in [-0.25, -0.2) is 0 Å². The Morgan fingerprint density at radius 1 is 0.952 bits per heavy atom. The van der Waals surface area contributed by atoms with E-state index in [4.69, 9.17) is 0 Å². The third kappa shape index (κ3) is 1.30. The molecule has 0 bridgehead atoms. The molecule has 0 saturated carbocycles. The highest BCUT2D eigenvalue weighted by Gasteiger charge is 2.28. The number of allylic oxidation sites excluding steroid dienone is 6. The lowest BCUT2D eigenvalue weighted by atomic mass is 9.72. The number of benzene rings is 2. The Balaban J connectivity index is 2.13. The number of aryl methyl sites for hydroxylation is 1. The summed E-state index contributed by atoms with van der Waals surface area (Å²) in [5, 5.41) is 5.66. The smallest absolute Gasteiger partial charge is 0.0352 e. The van der Waals surface area contributed by atoms with E-state index < -0.39 is 0 Å². The summed E-state index contributed by atoms with van der Waals surface area (Å²) < 4.78 is 0. The van der Waals surface area contributed by atoms with Gasteiger partial charge < -0.3 is 0 Å². The second-order valence-electron chi connectivity index (χ2n) is 6.34. The van der Waals surface area contributed by atoms with Crippen molar-refractivity contribution in [1.82, 2.24) is 0 Å². The van der Waals surface area contributed by atoms with Crippen molar-refractivity contribution < 1.29 is 0 Å². The van der Waals surface area contributed by atoms with Crippen LogP contribution >= 0.6 is 0 Å². The van der Waals surface area contributed by atoms with E-state index in [-0.39, 0.29) is 0 Å². The van der Waals surface area contributed by atoms with Crippen LogP contribution in [-0.2, 0) is 0 Å². The normalized spacial score (nSPS) is 20.6. The molecule has 5 rings (SSSR count). The van der Waals surface area contributed by atoms with Crippen molar-refractivity contribution in [2.24, 2.45) is 0 Å². The topological polar surface area (TPSA) is 0 Å². The van der Waals surface area contributed by atoms with Crippen molar-refractivity contribution in [1.29, 1.82) is 0 Å². The quantitative estimate of drug-likeness (QED) is 0.685. The third-order valence-corrected chi connectivity index (χ3v) is 5.25. The van der Waals surface area contributed by atoms with Gasteiger partial charge in [0.2, 0.25) is 0 Å². The van der Waals surface area contributed by atoms with Crippen LogP contribution in [0.2, 0.25) is 0 Å². The van der Waals surface area contributed by atoms with E-state index in [1.807, 2.05) is 0 Å². The van der Waals surface area contributed by atoms with Crippen LogP contribution in [0, 0.1) is 13.8 Å². The molecule has 0 spiro atoms. The lowest BCUT2D eigenvalue weighted by molar-refractivity contribution is 0.963. The van der Waals surface area contributed by atoms with Crippen LogP contribution in [0.25, 0.3) is 22.9 Å². The highest BCUT2D eigenvalue weighted by Crippen LogP contribution is 2.41. The van der Waals surface area contributed by atoms with Crippen LogP contribution < -0.4 is 10.4 Å². The largest absolute Gasteiger partial charge is 0.0617 e. The van der Waals surface area contributed by atoms with Gasteiger partial charge in [0.05, 0.1) is 0 Å². The van der Waals surface area contributed by atoms with Gasteiger partial charge in [0.1, 0.15) is 0 Å². The summed E-state index contributed by atoms with van der Waals surface area (Å²) in [5.74, 6) is 0.438. The van der Waals surface area contributed by atoms with Gasteiger partial charge in [0, 0.05) is 5.92 Å². The average molecular weight is 268 g/mol. The molecule has 0 saturated heterocycles. The molecule has 0 aromatic heterocycles. The van der Waals surface area contributed by atoms with E-state index in [1.54, 1.807) is 0 Å². The van der Waals surface area contributed by atoms with E-state index in [0.717, 1.165) is 0 Å². The molecule has 0 radical (unpaired) electrons. The minimum Gasteiger partial charge on any atom is -0.0617 e. The van der Waals surface area contributed by atoms with Crippen molar-refractivity contribution in [3.05, 3.63) is 80.8 Å². The maximum Gasteiger partial charge on any atom is 0.0352 e. The lowest BCUT2D eigenvalue weighted by Crippen LogP contribution is -2.28. The molecule has 100 valence electrons. The molecule has 2 aromatic carbocycles. The third-order valence-electron chi connectivity index (χ3n) is 5.25. The van der Waals surface area contributed by atoms with Crippen LogP contribution in [0.1, 0.15) is 22.6 Å². The van der Waals surface area contributed by atoms with Crippen LogP contribution in [0.4, 0.5) is 0 Å². The zero-order valence-corrected chi connectivity index (χ0v) is 12.3. The molecular formula is C21H16. The summed E-state index contributed by atoms with van der Waals surface area (Å²) in [4.78, 5) is 0. The minimum atomic E-state index is 0.438. The second-order valence-corrected chi connectivity index (χ2v) is 6.34. The van der Waals surface area contributed by atoms with E-state index in [0.29, 0.717) is 5.92 Å². The van der Waals surface area contributed by atoms with Gasteiger partial charge >= 0.3 is 0 Å². The first-order valence-corrected chi connectivity index (χ1v) is 7.59. The van der Waals surface area contributed by atoms with E-state index in [1.165, 1.54) is 49.0 Å². The molecule has 21 heavy (non-hydrogen) atoms. The number of hydrogen-bond donors (Lipinski definition) is 0. The summed E-state index contributed by atoms with van der Waals surface area (Å²) in [6, 6.07) is 6.90. The first kappa shape index (κ1) is 11.3. The maximum absolute atomic E-state index is 2.41. The van der Waals surface area contributed by atoms with E-state index in [9.17, 15) is 0 Å². The Morgan fingerprint density at radius 3 is 2.76 bits per heavy atom. The van der Waals surface area contributed by atoms with E-state index >= 15 is 0 Å². The van der Waals surface area contributed by atoms with Crippen molar-refractivity contribution in [2.45, 2.75) is 19.8 Å². The standard InChI is InChI=1S/C21H16/c1-12-10-17-9-8-15-7-6-14-4-3-5-16-11-18(13(12)2)20(17)21(15)19(14)16/h3-11,19H,1-2H3. The molecule has 1 unspecified atom stereocenters. The van der Waals surface area contributed by atoms with Crippen LogP contribution in [-0.4, -0.2) is 0 Å². The molecule has 0 aliphatic heterocycles. The molecule has 0 amide bonds. The molecule has 0 nitrogen and oxygen atoms in total. The Morgan fingerprint density at radius 2 is 1.86 bits per heavy atom. The van der Waals surface area contributed by atoms with Gasteiger partial charge in [-0.2, -0.15) is 0 Å². The fraction of sp³-hybridized carbons (Fsp3) is 0.143. The van der Waals surface area contributed by atoms with Crippen molar-refractivity contribution >= 4 is 22.9 Å². The second kappa shape index (κ2) is 3.65. The number of hydrogen-bond acceptors (Lipinski definition) is 0. The van der Waals surface area contributed by atoms with Gasteiger partial charge in [-0.05, 0) is 69.0 Å². The molecule has 0 fully saturated rings. The Hall–Kier alpha value is -2.34. The highest BCUT2D eigenvalue weighted by molar-refractivity contribution is 5.94. The zero-order chi connectivity index (χ0) is 14.1. The molecule has 0 heteroatoms. The van der Waals surface area contributed by atoms with Gasteiger partial charge in [-0.15, -0.1) is 0 Å². The maximum atomic E-state index is 2.41. The fourth-order valence-corrected chi connectivity index (χ4v) is 4.08. The van der Waals surface area contributed by atoms with Crippen molar-refractivity contribution in [3.63, 3.8) is 0 Å². The van der Waals surface area contributed by atoms with Crippen molar-refractivity contribution in [2.75, 3.05) is 0 Å². The molecule has 0 N–H and O–H groups in total. The van der Waals surface area contributed by atoms with Gasteiger partial charge in [-0.3, -0.25) is 0 Å². The predicted octanol–water partition coefficient (Wildman–Crippen LogP) is 3.55. The molecule has 2 aromatic rings. The van der Waals surface area contributed by atoms with E-state index in [2.05, 4.69) is 68.5 Å². The molecule has 3 aliphatic carbocycles. The fourth-order valence-electron chi connectivity index (χ4n) is 4.08. The Kier molecular flexibility index (Phi) is 1.97. The zero-order valence-electron chi connectivity index (χ0n) is 12.3. The van der Waals surface area contributed by atoms with Crippen LogP contribution in [0.15, 0.2) is 53.6 Å². The van der Waals surface area contributed by atoms with Crippen LogP contribution in [0.3, 0.4) is 0 Å². The van der Waals surface area contributed by atoms with Gasteiger partial charge in [-0.1, -0.05) is 48.6 Å². The van der Waals surface area contributed by atoms with Gasteiger partial charge in [0.25, 0.3) is 0 Å². The summed E-state index contributed by atoms with van der Waals surface area (Å²) in [6.07, 6.45) is 13.7. The first-order chi connectivity index (χ1) is 10.2. The molecule has 3 aliphatic rings. The predicted molar refractivity (Wildman–Crippen MR) is 89.6 cm³/mol. The minimum absolute atomic E-state index is 0.438. The highest BCUT2D eigenvalue weighted by atomic mass is 14.3. The Bertz CT molecular complexity index is 1040. The summed E-state index contributed by atoms with van der Waals surface area (Å²) >= 11 is 0. The molecule has 1 atom stereocenters. The first-order valence-electron chi connectivity index (χ1n) is 7.59. The van der Waals surface area contributed by atoms with Crippen molar-refractivity contribution in [3.8, 4) is 0 Å². The SMILES string of the molecule is Cc1cc2ccc3c4c2c(c1C)=CC1=CC=CC(=CC=3)C14. The summed E-state index contributed by atoms with van der Waals surface area (Å²) in [7, 11) is 0. The monoisotopic (exact) mass is 268 g/mol. The average Bonchev–Trinajstić information content (AvgIpc) is 2.51. The van der Waals surface area contributed by atoms with Crippen LogP contribution in [0.5, 0.6) is 0 Å². The molecular weight excluding hydrogens is 252 g/mol. The summed E-state index contributed by atoms with van der Waals surface area (Å²) in [5.41, 5.74) is 7.18. The van der Waals surface area contributed by atoms with Gasteiger partial charge in [0.15, 0.2) is 0 Å². The Labute approximate surface area is 124 Å².